The first-order valence-corrected chi connectivity index (χ1v) is 5.91. The molecule has 2 rings (SSSR count). The molecular formula is C14H16N2O2. The molecule has 0 aliphatic heterocycles. The van der Waals surface area contributed by atoms with Gasteiger partial charge in [0.2, 0.25) is 5.76 Å². The molecule has 1 heterocycles. The van der Waals surface area contributed by atoms with Gasteiger partial charge in [-0.15, -0.1) is 0 Å². The number of amides is 1. The number of carbonyl (C=O) groups excluding carboxylic acids is 1. The van der Waals surface area contributed by atoms with Gasteiger partial charge in [-0.2, -0.15) is 0 Å². The highest BCUT2D eigenvalue weighted by Crippen LogP contribution is 2.19. The van der Waals surface area contributed by atoms with Crippen LogP contribution in [0.2, 0.25) is 0 Å². The van der Waals surface area contributed by atoms with Crippen LogP contribution in [0, 0.1) is 6.92 Å². The zero-order valence-electron chi connectivity index (χ0n) is 10.7. The minimum Gasteiger partial charge on any atom is -0.350 e. The van der Waals surface area contributed by atoms with Crippen molar-refractivity contribution < 1.29 is 9.32 Å². The molecule has 0 saturated carbocycles. The van der Waals surface area contributed by atoms with Crippen LogP contribution in [0.25, 0.3) is 11.3 Å². The van der Waals surface area contributed by atoms with E-state index in [1.807, 2.05) is 45.0 Å². The summed E-state index contributed by atoms with van der Waals surface area (Å²) >= 11 is 0. The summed E-state index contributed by atoms with van der Waals surface area (Å²) in [6.07, 6.45) is 0. The first-order chi connectivity index (χ1) is 8.56. The highest BCUT2D eigenvalue weighted by atomic mass is 16.5. The van der Waals surface area contributed by atoms with E-state index < -0.39 is 0 Å². The lowest BCUT2D eigenvalue weighted by Crippen LogP contribution is -2.29. The average molecular weight is 244 g/mol. The molecule has 1 aromatic heterocycles. The summed E-state index contributed by atoms with van der Waals surface area (Å²) in [7, 11) is 0. The van der Waals surface area contributed by atoms with Gasteiger partial charge in [-0.05, 0) is 20.8 Å². The minimum absolute atomic E-state index is 0.0745. The standard InChI is InChI=1S/C14H16N2O2/c1-9(2)15-14(17)13-8-12(16-18-13)11-6-4-10(3)5-7-11/h4-9H,1-3H3,(H,15,17). The molecule has 0 saturated heterocycles. The van der Waals surface area contributed by atoms with Gasteiger partial charge in [0.05, 0.1) is 0 Å². The number of aryl methyl sites for hydroxylation is 1. The summed E-state index contributed by atoms with van der Waals surface area (Å²) < 4.78 is 5.05. The summed E-state index contributed by atoms with van der Waals surface area (Å²) in [6, 6.07) is 9.64. The number of hydrogen-bond acceptors (Lipinski definition) is 3. The molecule has 0 aliphatic rings. The van der Waals surface area contributed by atoms with Gasteiger partial charge in [-0.1, -0.05) is 35.0 Å². The van der Waals surface area contributed by atoms with Crippen LogP contribution < -0.4 is 5.32 Å². The molecule has 1 aromatic carbocycles. The summed E-state index contributed by atoms with van der Waals surface area (Å²) in [4.78, 5) is 11.7. The molecule has 4 heteroatoms. The van der Waals surface area contributed by atoms with Crippen LogP contribution in [0.15, 0.2) is 34.9 Å². The Bertz CT molecular complexity index is 541. The molecule has 94 valence electrons. The van der Waals surface area contributed by atoms with E-state index in [4.69, 9.17) is 4.52 Å². The Hall–Kier alpha value is -2.10. The number of carbonyl (C=O) groups is 1. The number of aromatic nitrogens is 1. The Kier molecular flexibility index (Phi) is 3.46. The Morgan fingerprint density at radius 3 is 2.56 bits per heavy atom. The molecule has 0 unspecified atom stereocenters. The highest BCUT2D eigenvalue weighted by Gasteiger charge is 2.14. The zero-order chi connectivity index (χ0) is 13.1. The van der Waals surface area contributed by atoms with E-state index in [0.29, 0.717) is 5.69 Å². The SMILES string of the molecule is Cc1ccc(-c2cc(C(=O)NC(C)C)on2)cc1. The van der Waals surface area contributed by atoms with Gasteiger partial charge in [0.25, 0.3) is 5.91 Å². The largest absolute Gasteiger partial charge is 0.350 e. The van der Waals surface area contributed by atoms with Crippen molar-refractivity contribution >= 4 is 5.91 Å². The number of nitrogens with one attached hydrogen (secondary N) is 1. The summed E-state index contributed by atoms with van der Waals surface area (Å²) in [5.41, 5.74) is 2.79. The molecule has 2 aromatic rings. The molecule has 4 nitrogen and oxygen atoms in total. The van der Waals surface area contributed by atoms with Gasteiger partial charge in [-0.25, -0.2) is 0 Å². The van der Waals surface area contributed by atoms with E-state index in [9.17, 15) is 4.79 Å². The van der Waals surface area contributed by atoms with Crippen LogP contribution in [0.1, 0.15) is 30.0 Å². The van der Waals surface area contributed by atoms with E-state index in [-0.39, 0.29) is 17.7 Å². The van der Waals surface area contributed by atoms with Gasteiger partial charge in [0, 0.05) is 17.7 Å². The van der Waals surface area contributed by atoms with Crippen LogP contribution >= 0.6 is 0 Å². The van der Waals surface area contributed by atoms with Gasteiger partial charge in [0.1, 0.15) is 5.69 Å². The number of hydrogen-bond donors (Lipinski definition) is 1. The van der Waals surface area contributed by atoms with Crippen molar-refractivity contribution in [3.63, 3.8) is 0 Å². The van der Waals surface area contributed by atoms with Crippen molar-refractivity contribution in [2.75, 3.05) is 0 Å². The maximum Gasteiger partial charge on any atom is 0.290 e. The maximum absolute atomic E-state index is 11.7. The van der Waals surface area contributed by atoms with Crippen molar-refractivity contribution in [2.45, 2.75) is 26.8 Å². The fraction of sp³-hybridized carbons (Fsp3) is 0.286. The van der Waals surface area contributed by atoms with Crippen LogP contribution in [0.5, 0.6) is 0 Å². The van der Waals surface area contributed by atoms with Crippen molar-refractivity contribution in [1.29, 1.82) is 0 Å². The van der Waals surface area contributed by atoms with E-state index in [0.717, 1.165) is 5.56 Å². The maximum atomic E-state index is 11.7. The summed E-state index contributed by atoms with van der Waals surface area (Å²) in [5, 5.41) is 6.67. The lowest BCUT2D eigenvalue weighted by molar-refractivity contribution is 0.0906. The summed E-state index contributed by atoms with van der Waals surface area (Å²) in [5.74, 6) is -0.00450. The molecule has 0 spiro atoms. The Morgan fingerprint density at radius 2 is 1.94 bits per heavy atom. The predicted molar refractivity (Wildman–Crippen MR) is 69.3 cm³/mol. The van der Waals surface area contributed by atoms with Gasteiger partial charge < -0.3 is 9.84 Å². The molecule has 0 atom stereocenters. The van der Waals surface area contributed by atoms with Crippen LogP contribution in [-0.4, -0.2) is 17.1 Å². The van der Waals surface area contributed by atoms with Crippen LogP contribution in [-0.2, 0) is 0 Å². The molecule has 0 radical (unpaired) electrons. The number of rotatable bonds is 3. The minimum atomic E-state index is -0.240. The van der Waals surface area contributed by atoms with E-state index in [1.165, 1.54) is 5.56 Å². The average Bonchev–Trinajstić information content (AvgIpc) is 2.78. The fourth-order valence-electron chi connectivity index (χ4n) is 1.58. The molecule has 1 amide bonds. The van der Waals surface area contributed by atoms with Gasteiger partial charge >= 0.3 is 0 Å². The van der Waals surface area contributed by atoms with Crippen LogP contribution in [0.4, 0.5) is 0 Å². The van der Waals surface area contributed by atoms with Crippen molar-refractivity contribution in [2.24, 2.45) is 0 Å². The second kappa shape index (κ2) is 5.04. The van der Waals surface area contributed by atoms with E-state index in [1.54, 1.807) is 6.07 Å². The molecule has 0 aliphatic carbocycles. The quantitative estimate of drug-likeness (QED) is 0.903. The van der Waals surface area contributed by atoms with Crippen molar-refractivity contribution in [3.8, 4) is 11.3 Å². The van der Waals surface area contributed by atoms with Crippen molar-refractivity contribution in [3.05, 3.63) is 41.7 Å². The van der Waals surface area contributed by atoms with E-state index >= 15 is 0 Å². The second-order valence-corrected chi connectivity index (χ2v) is 4.57. The lowest BCUT2D eigenvalue weighted by atomic mass is 10.1. The molecular weight excluding hydrogens is 228 g/mol. The summed E-state index contributed by atoms with van der Waals surface area (Å²) in [6.45, 7) is 5.82. The first kappa shape index (κ1) is 12.4. The second-order valence-electron chi connectivity index (χ2n) is 4.57. The molecule has 0 fully saturated rings. The third-order valence-electron chi connectivity index (χ3n) is 2.50. The topological polar surface area (TPSA) is 55.1 Å². The Labute approximate surface area is 106 Å². The Balaban J connectivity index is 2.20. The Morgan fingerprint density at radius 1 is 1.28 bits per heavy atom. The molecule has 1 N–H and O–H groups in total. The predicted octanol–water partition coefficient (Wildman–Crippen LogP) is 2.79. The molecule has 18 heavy (non-hydrogen) atoms. The number of nitrogens with zero attached hydrogens (tertiary/aromatic N) is 1. The lowest BCUT2D eigenvalue weighted by Gasteiger charge is -2.04. The van der Waals surface area contributed by atoms with Crippen molar-refractivity contribution in [1.82, 2.24) is 10.5 Å². The smallest absolute Gasteiger partial charge is 0.290 e. The monoisotopic (exact) mass is 244 g/mol. The van der Waals surface area contributed by atoms with Crippen LogP contribution in [0.3, 0.4) is 0 Å². The van der Waals surface area contributed by atoms with Gasteiger partial charge in [0.15, 0.2) is 0 Å². The van der Waals surface area contributed by atoms with Gasteiger partial charge in [-0.3, -0.25) is 4.79 Å². The normalized spacial score (nSPS) is 10.7. The molecule has 0 bridgehead atoms. The highest BCUT2D eigenvalue weighted by molar-refractivity contribution is 5.92. The third kappa shape index (κ3) is 2.77. The zero-order valence-corrected chi connectivity index (χ0v) is 10.7. The number of benzene rings is 1. The fourth-order valence-corrected chi connectivity index (χ4v) is 1.58. The first-order valence-electron chi connectivity index (χ1n) is 5.91. The third-order valence-corrected chi connectivity index (χ3v) is 2.50. The van der Waals surface area contributed by atoms with E-state index in [2.05, 4.69) is 10.5 Å².